The lowest BCUT2D eigenvalue weighted by Crippen LogP contribution is -2.44. The first-order valence-corrected chi connectivity index (χ1v) is 14.3. The molecule has 0 aliphatic heterocycles. The number of unbranched alkanes of at least 4 members (excludes halogenated alkanes) is 13. The number of allylic oxidation sites excluding steroid dienone is 2. The van der Waals surface area contributed by atoms with Crippen molar-refractivity contribution in [2.75, 3.05) is 27.7 Å². The molecule has 2 atom stereocenters. The zero-order valence-corrected chi connectivity index (χ0v) is 21.8. The van der Waals surface area contributed by atoms with Gasteiger partial charge in [-0.15, -0.1) is 0 Å². The van der Waals surface area contributed by atoms with Crippen LogP contribution in [0.3, 0.4) is 0 Å². The fourth-order valence-corrected chi connectivity index (χ4v) is 5.94. The van der Waals surface area contributed by atoms with Gasteiger partial charge in [0.15, 0.2) is 5.78 Å². The lowest BCUT2D eigenvalue weighted by molar-refractivity contribution is -0.883. The van der Waals surface area contributed by atoms with Gasteiger partial charge in [-0.2, -0.15) is 0 Å². The molecule has 0 amide bonds. The van der Waals surface area contributed by atoms with Gasteiger partial charge in [-0.3, -0.25) is 4.57 Å². The molecule has 0 saturated heterocycles. The Morgan fingerprint density at radius 3 is 1.63 bits per heavy atom. The normalized spacial score (nSPS) is 15.5. The van der Waals surface area contributed by atoms with Crippen molar-refractivity contribution in [1.82, 2.24) is 0 Å². The van der Waals surface area contributed by atoms with E-state index >= 15 is 0 Å². The molecule has 0 bridgehead atoms. The first kappa shape index (κ1) is 29.9. The molecule has 0 aliphatic carbocycles. The van der Waals surface area contributed by atoms with Gasteiger partial charge in [0.1, 0.15) is 0 Å². The topological polar surface area (TPSA) is 46.5 Å². The number of nitrogens with zero attached hydrogens (tertiary/aromatic N) is 1. The standard InChI is InChI=1S/C25H52NO3P/c1-6-8-9-10-11-12-13-14-15-16-17-18-19-20-21-22-23-24-29-30(27,28)25(7-2)26(3,4)5/h20-21,25H,6-19,22-24H2,1-5H3/p+1/b21-20-. The molecule has 0 rings (SSSR count). The molecular weight excluding hydrogens is 393 g/mol. The molecule has 0 spiro atoms. The van der Waals surface area contributed by atoms with E-state index in [1.54, 1.807) is 0 Å². The van der Waals surface area contributed by atoms with E-state index in [1.807, 2.05) is 28.1 Å². The van der Waals surface area contributed by atoms with Crippen molar-refractivity contribution >= 4 is 7.60 Å². The Kier molecular flexibility index (Phi) is 18.3. The highest BCUT2D eigenvalue weighted by molar-refractivity contribution is 7.53. The van der Waals surface area contributed by atoms with Gasteiger partial charge in [0, 0.05) is 6.42 Å². The van der Waals surface area contributed by atoms with Crippen LogP contribution >= 0.6 is 7.60 Å². The lowest BCUT2D eigenvalue weighted by Gasteiger charge is -2.35. The van der Waals surface area contributed by atoms with E-state index in [-0.39, 0.29) is 5.78 Å². The quantitative estimate of drug-likeness (QED) is 0.0839. The van der Waals surface area contributed by atoms with E-state index < -0.39 is 7.60 Å². The second-order valence-electron chi connectivity index (χ2n) is 9.69. The second-order valence-corrected chi connectivity index (χ2v) is 11.7. The monoisotopic (exact) mass is 446 g/mol. The molecule has 0 radical (unpaired) electrons. The molecule has 5 heteroatoms. The number of hydrogen-bond donors (Lipinski definition) is 1. The van der Waals surface area contributed by atoms with Gasteiger partial charge in [-0.05, 0) is 25.7 Å². The van der Waals surface area contributed by atoms with Crippen LogP contribution in [0.2, 0.25) is 0 Å². The molecular formula is C25H53NO3P+. The number of rotatable bonds is 21. The Hall–Kier alpha value is -0.150. The summed E-state index contributed by atoms with van der Waals surface area (Å²) < 4.78 is 18.3. The molecule has 0 fully saturated rings. The van der Waals surface area contributed by atoms with Crippen LogP contribution in [0.25, 0.3) is 0 Å². The summed E-state index contributed by atoms with van der Waals surface area (Å²) in [7, 11) is 2.26. The van der Waals surface area contributed by atoms with E-state index in [0.717, 1.165) is 19.3 Å². The van der Waals surface area contributed by atoms with Crippen LogP contribution in [0, 0.1) is 0 Å². The predicted octanol–water partition coefficient (Wildman–Crippen LogP) is 8.06. The van der Waals surface area contributed by atoms with Crippen molar-refractivity contribution in [2.24, 2.45) is 0 Å². The van der Waals surface area contributed by atoms with Crippen molar-refractivity contribution in [3.8, 4) is 0 Å². The van der Waals surface area contributed by atoms with Crippen molar-refractivity contribution in [1.29, 1.82) is 0 Å². The molecule has 0 aromatic heterocycles. The predicted molar refractivity (Wildman–Crippen MR) is 132 cm³/mol. The van der Waals surface area contributed by atoms with E-state index in [9.17, 15) is 9.46 Å². The van der Waals surface area contributed by atoms with Gasteiger partial charge in [0.05, 0.1) is 27.7 Å². The molecule has 0 saturated carbocycles. The smallest absolute Gasteiger partial charge is 0.320 e. The van der Waals surface area contributed by atoms with Crippen LogP contribution in [0.4, 0.5) is 0 Å². The van der Waals surface area contributed by atoms with Crippen molar-refractivity contribution in [3.63, 3.8) is 0 Å². The summed E-state index contributed by atoms with van der Waals surface area (Å²) >= 11 is 0. The average molecular weight is 447 g/mol. The summed E-state index contributed by atoms with van der Waals surface area (Å²) in [5.74, 6) is -0.362. The van der Waals surface area contributed by atoms with Crippen molar-refractivity contribution in [3.05, 3.63) is 12.2 Å². The largest absolute Gasteiger partial charge is 0.385 e. The third kappa shape index (κ3) is 16.5. The molecule has 180 valence electrons. The Morgan fingerprint density at radius 1 is 0.767 bits per heavy atom. The fraction of sp³-hybridized carbons (Fsp3) is 0.920. The first-order valence-electron chi connectivity index (χ1n) is 12.7. The van der Waals surface area contributed by atoms with Crippen LogP contribution in [-0.2, 0) is 9.09 Å². The van der Waals surface area contributed by atoms with Crippen molar-refractivity contribution in [2.45, 2.75) is 122 Å². The summed E-state index contributed by atoms with van der Waals surface area (Å²) in [5.41, 5.74) is 0. The highest BCUT2D eigenvalue weighted by atomic mass is 31.2. The summed E-state index contributed by atoms with van der Waals surface area (Å²) in [4.78, 5) is 10.2. The summed E-state index contributed by atoms with van der Waals surface area (Å²) in [6.45, 7) is 4.57. The van der Waals surface area contributed by atoms with Gasteiger partial charge in [-0.25, -0.2) is 0 Å². The van der Waals surface area contributed by atoms with Crippen LogP contribution in [0.5, 0.6) is 0 Å². The van der Waals surface area contributed by atoms with Gasteiger partial charge >= 0.3 is 7.60 Å². The molecule has 30 heavy (non-hydrogen) atoms. The van der Waals surface area contributed by atoms with E-state index in [4.69, 9.17) is 4.52 Å². The molecule has 1 N–H and O–H groups in total. The van der Waals surface area contributed by atoms with Crippen LogP contribution in [-0.4, -0.2) is 42.9 Å². The second kappa shape index (κ2) is 18.4. The fourth-order valence-electron chi connectivity index (χ4n) is 4.04. The van der Waals surface area contributed by atoms with Gasteiger partial charge in [0.2, 0.25) is 0 Å². The van der Waals surface area contributed by atoms with Crippen LogP contribution in [0.1, 0.15) is 117 Å². The highest BCUT2D eigenvalue weighted by Crippen LogP contribution is 2.51. The minimum absolute atomic E-state index is 0.354. The first-order chi connectivity index (χ1) is 14.3. The van der Waals surface area contributed by atoms with E-state index in [2.05, 4.69) is 19.1 Å². The third-order valence-electron chi connectivity index (χ3n) is 5.82. The highest BCUT2D eigenvalue weighted by Gasteiger charge is 2.41. The summed E-state index contributed by atoms with van der Waals surface area (Å²) in [6, 6.07) is 0. The maximum Gasteiger partial charge on any atom is 0.385 e. The zero-order valence-electron chi connectivity index (χ0n) is 20.9. The Labute approximate surface area is 188 Å². The number of hydrogen-bond acceptors (Lipinski definition) is 2. The van der Waals surface area contributed by atoms with Crippen molar-refractivity contribution < 1.29 is 18.5 Å². The maximum absolute atomic E-state index is 12.5. The number of quaternary nitrogens is 1. The molecule has 4 nitrogen and oxygen atoms in total. The third-order valence-corrected chi connectivity index (χ3v) is 8.18. The molecule has 0 aromatic carbocycles. The van der Waals surface area contributed by atoms with Gasteiger partial charge in [-0.1, -0.05) is 96.6 Å². The zero-order chi connectivity index (χ0) is 22.7. The average Bonchev–Trinajstić information content (AvgIpc) is 2.66. The van der Waals surface area contributed by atoms with Gasteiger partial charge < -0.3 is 13.9 Å². The summed E-state index contributed by atoms with van der Waals surface area (Å²) in [5, 5.41) is 0. The van der Waals surface area contributed by atoms with Crippen LogP contribution < -0.4 is 0 Å². The molecule has 0 aromatic rings. The SMILES string of the molecule is CCCCCCCCCCCCCC/C=C\CCCOP(=O)(O)C(CC)[N+](C)(C)C. The van der Waals surface area contributed by atoms with E-state index in [0.29, 0.717) is 17.5 Å². The lowest BCUT2D eigenvalue weighted by atomic mass is 10.0. The Balaban J connectivity index is 3.53. The molecule has 0 aliphatic rings. The minimum atomic E-state index is -3.57. The van der Waals surface area contributed by atoms with E-state index in [1.165, 1.54) is 77.0 Å². The molecule has 2 unspecified atom stereocenters. The Morgan fingerprint density at radius 2 is 1.20 bits per heavy atom. The molecule has 0 heterocycles. The summed E-state index contributed by atoms with van der Waals surface area (Å²) in [6.07, 6.45) is 24.6. The Bertz CT molecular complexity index is 460. The maximum atomic E-state index is 12.5. The van der Waals surface area contributed by atoms with Gasteiger partial charge in [0.25, 0.3) is 0 Å². The van der Waals surface area contributed by atoms with Crippen LogP contribution in [0.15, 0.2) is 12.2 Å². The minimum Gasteiger partial charge on any atom is -0.320 e.